The Hall–Kier alpha value is -3.01. The first-order chi connectivity index (χ1) is 16.5. The highest BCUT2D eigenvalue weighted by Crippen LogP contribution is 2.38. The van der Waals surface area contributed by atoms with Crippen LogP contribution in [0, 0.1) is 6.92 Å². The van der Waals surface area contributed by atoms with Crippen molar-refractivity contribution in [1.82, 2.24) is 15.2 Å². The molecule has 1 aliphatic carbocycles. The van der Waals surface area contributed by atoms with Gasteiger partial charge in [-0.15, -0.1) is 22.7 Å². The lowest BCUT2D eigenvalue weighted by molar-refractivity contribution is 0.0769. The second-order valence-corrected chi connectivity index (χ2v) is 11.2. The number of ether oxygens (including phenoxy) is 1. The van der Waals surface area contributed by atoms with E-state index in [0.29, 0.717) is 47.4 Å². The topological polar surface area (TPSA) is 91.8 Å². The standard InChI is InChI=1S/C25H23N3O4S2/c1-13-22(24(30)27-14-2-3-14)17-5-4-16(10-20(17)33-13)32-19-6-8-26-18-11-21(34-23(18)19)25(31)28-9-7-15(29)12-28/h4-6,8,10-11,14-15,29H,2-3,7,9,12H2,1H3,(H,27,30)/t15-/m1/s1. The van der Waals surface area contributed by atoms with Gasteiger partial charge in [0.25, 0.3) is 11.8 Å². The van der Waals surface area contributed by atoms with Gasteiger partial charge in [0.05, 0.1) is 26.8 Å². The molecule has 0 spiro atoms. The van der Waals surface area contributed by atoms with Crippen LogP contribution in [-0.2, 0) is 0 Å². The van der Waals surface area contributed by atoms with E-state index in [4.69, 9.17) is 4.74 Å². The Morgan fingerprint density at radius 2 is 2.03 bits per heavy atom. The van der Waals surface area contributed by atoms with Crippen LogP contribution in [0.1, 0.15) is 44.2 Å². The zero-order valence-electron chi connectivity index (χ0n) is 18.5. The number of benzene rings is 1. The maximum atomic E-state index is 12.9. The second-order valence-electron chi connectivity index (χ2n) is 8.87. The molecule has 0 radical (unpaired) electrons. The number of rotatable bonds is 5. The van der Waals surface area contributed by atoms with E-state index in [-0.39, 0.29) is 11.8 Å². The number of carbonyl (C=O) groups excluding carboxylic acids is 2. The zero-order valence-corrected chi connectivity index (χ0v) is 20.2. The average molecular weight is 494 g/mol. The molecule has 174 valence electrons. The number of fused-ring (bicyclic) bond motifs is 2. The first-order valence-electron chi connectivity index (χ1n) is 11.3. The summed E-state index contributed by atoms with van der Waals surface area (Å²) < 4.78 is 8.03. The van der Waals surface area contributed by atoms with E-state index >= 15 is 0 Å². The molecule has 4 heterocycles. The maximum Gasteiger partial charge on any atom is 0.264 e. The molecule has 6 rings (SSSR count). The summed E-state index contributed by atoms with van der Waals surface area (Å²) in [6, 6.07) is 9.67. The summed E-state index contributed by atoms with van der Waals surface area (Å²) in [6.07, 6.45) is 3.94. The van der Waals surface area contributed by atoms with Gasteiger partial charge in [0, 0.05) is 46.4 Å². The number of aromatic nitrogens is 1. The van der Waals surface area contributed by atoms with E-state index in [1.165, 1.54) is 11.3 Å². The minimum atomic E-state index is -0.452. The van der Waals surface area contributed by atoms with E-state index in [1.807, 2.05) is 25.1 Å². The Morgan fingerprint density at radius 3 is 2.79 bits per heavy atom. The van der Waals surface area contributed by atoms with Crippen LogP contribution >= 0.6 is 22.7 Å². The molecule has 7 nitrogen and oxygen atoms in total. The summed E-state index contributed by atoms with van der Waals surface area (Å²) >= 11 is 2.94. The monoisotopic (exact) mass is 493 g/mol. The molecule has 2 aliphatic rings. The number of aryl methyl sites for hydroxylation is 1. The zero-order chi connectivity index (χ0) is 23.4. The van der Waals surface area contributed by atoms with Gasteiger partial charge in [0.1, 0.15) is 11.5 Å². The number of aliphatic hydroxyl groups is 1. The highest BCUT2D eigenvalue weighted by molar-refractivity contribution is 7.21. The number of nitrogens with zero attached hydrogens (tertiary/aromatic N) is 2. The molecule has 2 fully saturated rings. The van der Waals surface area contributed by atoms with Gasteiger partial charge in [-0.05, 0) is 50.5 Å². The minimum absolute atomic E-state index is 0.00272. The number of amides is 2. The van der Waals surface area contributed by atoms with Crippen molar-refractivity contribution >= 4 is 54.8 Å². The molecule has 9 heteroatoms. The summed E-state index contributed by atoms with van der Waals surface area (Å²) in [6.45, 7) is 2.90. The number of hydrogen-bond acceptors (Lipinski definition) is 7. The van der Waals surface area contributed by atoms with Crippen LogP contribution in [0.15, 0.2) is 36.5 Å². The summed E-state index contributed by atoms with van der Waals surface area (Å²) in [5.41, 5.74) is 1.45. The molecule has 3 aromatic heterocycles. The van der Waals surface area contributed by atoms with Crippen molar-refractivity contribution in [3.8, 4) is 11.5 Å². The van der Waals surface area contributed by atoms with E-state index < -0.39 is 6.10 Å². The second kappa shape index (κ2) is 8.33. The fraction of sp³-hybridized carbons (Fsp3) is 0.320. The molecule has 1 saturated carbocycles. The lowest BCUT2D eigenvalue weighted by atomic mass is 10.1. The molecule has 1 atom stereocenters. The van der Waals surface area contributed by atoms with Gasteiger partial charge in [0.15, 0.2) is 0 Å². The Kier molecular flexibility index (Phi) is 5.28. The van der Waals surface area contributed by atoms with Crippen molar-refractivity contribution in [3.05, 3.63) is 51.8 Å². The Labute approximate surface area is 204 Å². The normalized spacial score (nSPS) is 18.1. The molecule has 0 unspecified atom stereocenters. The van der Waals surface area contributed by atoms with E-state index in [9.17, 15) is 14.7 Å². The van der Waals surface area contributed by atoms with Crippen molar-refractivity contribution in [2.75, 3.05) is 13.1 Å². The number of β-amino-alcohol motifs (C(OH)–C–C–N with tert-alkyl or cyclic N) is 1. The van der Waals surface area contributed by atoms with Gasteiger partial charge >= 0.3 is 0 Å². The van der Waals surface area contributed by atoms with Crippen LogP contribution < -0.4 is 10.1 Å². The predicted octanol–water partition coefficient (Wildman–Crippen LogP) is 4.71. The molecule has 2 amide bonds. The van der Waals surface area contributed by atoms with Crippen LogP contribution in [0.4, 0.5) is 0 Å². The number of nitrogens with one attached hydrogen (secondary N) is 1. The van der Waals surface area contributed by atoms with E-state index in [0.717, 1.165) is 38.1 Å². The maximum absolute atomic E-state index is 12.9. The number of aliphatic hydroxyl groups excluding tert-OH is 1. The van der Waals surface area contributed by atoms with Crippen molar-refractivity contribution < 1.29 is 19.4 Å². The van der Waals surface area contributed by atoms with Gasteiger partial charge in [-0.2, -0.15) is 0 Å². The molecule has 0 bridgehead atoms. The van der Waals surface area contributed by atoms with Gasteiger partial charge in [0.2, 0.25) is 0 Å². The minimum Gasteiger partial charge on any atom is -0.456 e. The molecule has 1 aromatic carbocycles. The summed E-state index contributed by atoms with van der Waals surface area (Å²) in [5, 5.41) is 13.8. The fourth-order valence-electron chi connectivity index (χ4n) is 4.34. The first-order valence-corrected chi connectivity index (χ1v) is 13.0. The highest BCUT2D eigenvalue weighted by Gasteiger charge is 2.28. The van der Waals surface area contributed by atoms with Gasteiger partial charge in [-0.25, -0.2) is 0 Å². The SMILES string of the molecule is Cc1sc2cc(Oc3ccnc4cc(C(=O)N5CC[C@@H](O)C5)sc34)ccc2c1C(=O)NC1CC1. The largest absolute Gasteiger partial charge is 0.456 e. The van der Waals surface area contributed by atoms with E-state index in [2.05, 4.69) is 10.3 Å². The van der Waals surface area contributed by atoms with Crippen LogP contribution in [0.25, 0.3) is 20.3 Å². The third-order valence-corrected chi connectivity index (χ3v) is 8.44. The van der Waals surface area contributed by atoms with Crippen LogP contribution in [0.2, 0.25) is 0 Å². The predicted molar refractivity (Wildman–Crippen MR) is 133 cm³/mol. The van der Waals surface area contributed by atoms with Gasteiger partial charge in [-0.1, -0.05) is 0 Å². The van der Waals surface area contributed by atoms with Crippen LogP contribution in [0.3, 0.4) is 0 Å². The number of hydrogen-bond donors (Lipinski definition) is 2. The van der Waals surface area contributed by atoms with Crippen LogP contribution in [-0.4, -0.2) is 52.0 Å². The number of likely N-dealkylation sites (tertiary alicyclic amines) is 1. The molecule has 2 N–H and O–H groups in total. The van der Waals surface area contributed by atoms with Crippen molar-refractivity contribution in [3.63, 3.8) is 0 Å². The smallest absolute Gasteiger partial charge is 0.264 e. The van der Waals surface area contributed by atoms with Crippen molar-refractivity contribution in [2.45, 2.75) is 38.3 Å². The third-order valence-electron chi connectivity index (χ3n) is 6.24. The molecule has 1 aliphatic heterocycles. The molecule has 4 aromatic rings. The fourth-order valence-corrected chi connectivity index (χ4v) is 6.46. The van der Waals surface area contributed by atoms with Crippen molar-refractivity contribution in [1.29, 1.82) is 0 Å². The summed E-state index contributed by atoms with van der Waals surface area (Å²) in [5.74, 6) is 1.21. The number of thiophene rings is 2. The van der Waals surface area contributed by atoms with E-state index in [1.54, 1.807) is 34.6 Å². The molecular formula is C25H23N3O4S2. The molecular weight excluding hydrogens is 470 g/mol. The first kappa shape index (κ1) is 21.5. The molecule has 1 saturated heterocycles. The molecule has 34 heavy (non-hydrogen) atoms. The third kappa shape index (κ3) is 3.93. The summed E-state index contributed by atoms with van der Waals surface area (Å²) in [4.78, 5) is 33.2. The highest BCUT2D eigenvalue weighted by atomic mass is 32.1. The Balaban J connectivity index is 1.28. The van der Waals surface area contributed by atoms with Gasteiger partial charge in [-0.3, -0.25) is 14.6 Å². The quantitative estimate of drug-likeness (QED) is 0.420. The lowest BCUT2D eigenvalue weighted by Gasteiger charge is -2.13. The number of carbonyl (C=O) groups is 2. The number of pyridine rings is 1. The Bertz CT molecular complexity index is 1440. The Morgan fingerprint density at radius 1 is 1.18 bits per heavy atom. The lowest BCUT2D eigenvalue weighted by Crippen LogP contribution is -2.28. The van der Waals surface area contributed by atoms with Gasteiger partial charge < -0.3 is 20.1 Å². The van der Waals surface area contributed by atoms with Crippen molar-refractivity contribution in [2.24, 2.45) is 0 Å². The average Bonchev–Trinajstić information content (AvgIpc) is 3.20. The summed E-state index contributed by atoms with van der Waals surface area (Å²) in [7, 11) is 0. The van der Waals surface area contributed by atoms with Crippen LogP contribution in [0.5, 0.6) is 11.5 Å².